The van der Waals surface area contributed by atoms with E-state index in [0.29, 0.717) is 0 Å². The molecule has 2 heteroatoms. The molecule has 0 aliphatic carbocycles. The van der Waals surface area contributed by atoms with E-state index in [1.807, 2.05) is 0 Å². The van der Waals surface area contributed by atoms with Gasteiger partial charge in [0.1, 0.15) is 0 Å². The first kappa shape index (κ1) is 12.1. The van der Waals surface area contributed by atoms with E-state index in [1.54, 1.807) is 6.04 Å². The molecule has 0 aliphatic rings. The first-order chi connectivity index (χ1) is 5.27. The van der Waals surface area contributed by atoms with E-state index in [0.717, 1.165) is 0 Å². The quantitative estimate of drug-likeness (QED) is 0.493. The monoisotopic (exact) mass is 336 g/mol. The Morgan fingerprint density at radius 1 is 1.00 bits per heavy atom. The van der Waals surface area contributed by atoms with Gasteiger partial charge >= 0.3 is 86.5 Å². The third-order valence-corrected chi connectivity index (χ3v) is 5.70. The van der Waals surface area contributed by atoms with Crippen LogP contribution < -0.4 is 0 Å². The van der Waals surface area contributed by atoms with Gasteiger partial charge in [-0.15, -0.1) is 0 Å². The maximum absolute atomic E-state index is 2.48. The average molecular weight is 335 g/mol. The molecule has 0 heterocycles. The summed E-state index contributed by atoms with van der Waals surface area (Å²) in [6.45, 7) is 4.76. The van der Waals surface area contributed by atoms with Crippen molar-refractivity contribution in [2.24, 2.45) is 0 Å². The second-order valence-corrected chi connectivity index (χ2v) is 14.6. The van der Waals surface area contributed by atoms with Gasteiger partial charge in [-0.2, -0.15) is 0 Å². The minimum absolute atomic E-state index is 0.212. The van der Waals surface area contributed by atoms with E-state index in [2.05, 4.69) is 13.5 Å². The molecule has 0 aromatic heterocycles. The summed E-state index contributed by atoms with van der Waals surface area (Å²) in [5, 5.41) is 0. The summed E-state index contributed by atoms with van der Waals surface area (Å²) in [6, 6.07) is 1.59. The molecule has 0 fully saturated rings. The molecule has 0 aromatic rings. The third-order valence-electron chi connectivity index (χ3n) is 1.91. The van der Waals surface area contributed by atoms with Crippen molar-refractivity contribution in [3.63, 3.8) is 0 Å². The molecule has 0 unspecified atom stereocenters. The summed E-state index contributed by atoms with van der Waals surface area (Å²) in [5.41, 5.74) is 0.212. The molecule has 62 valence electrons. The van der Waals surface area contributed by atoms with Gasteiger partial charge in [-0.25, -0.2) is 0 Å². The van der Waals surface area contributed by atoms with Crippen LogP contribution in [0.25, 0.3) is 0 Å². The van der Waals surface area contributed by atoms with Crippen LogP contribution >= 0.6 is 0 Å². The predicted molar refractivity (Wildman–Crippen MR) is 49.8 cm³/mol. The van der Waals surface area contributed by atoms with Gasteiger partial charge in [0.2, 0.25) is 0 Å². The molecule has 0 saturated heterocycles. The van der Waals surface area contributed by atoms with Crippen LogP contribution in [-0.2, 0) is 23.0 Å². The standard InChI is InChI=1S/C9H20Si.Hf/c1-3-4-5-6-7-8-9-10-2;/h3-9H2,1-2H3;/q;+2. The van der Waals surface area contributed by atoms with Gasteiger partial charge < -0.3 is 0 Å². The molecule has 0 bridgehead atoms. The van der Waals surface area contributed by atoms with E-state index in [9.17, 15) is 0 Å². The first-order valence-electron chi connectivity index (χ1n) is 4.81. The molecule has 0 amide bonds. The average Bonchev–Trinajstić information content (AvgIpc) is 1.96. The Morgan fingerprint density at radius 3 is 2.09 bits per heavy atom. The Morgan fingerprint density at radius 2 is 1.55 bits per heavy atom. The molecule has 11 heavy (non-hydrogen) atoms. The van der Waals surface area contributed by atoms with Crippen LogP contribution in [0.15, 0.2) is 0 Å². The first-order valence-corrected chi connectivity index (χ1v) is 12.4. The second-order valence-electron chi connectivity index (χ2n) is 3.30. The molecule has 0 nitrogen and oxygen atoms in total. The molecule has 0 aromatic carbocycles. The number of hydrogen-bond donors (Lipinski definition) is 0. The Hall–Kier alpha value is 1.09. The summed E-state index contributed by atoms with van der Waals surface area (Å²) >= 11 is 1.49. The van der Waals surface area contributed by atoms with Crippen molar-refractivity contribution in [2.75, 3.05) is 0 Å². The van der Waals surface area contributed by atoms with Crippen molar-refractivity contribution in [3.8, 4) is 0 Å². The van der Waals surface area contributed by atoms with Gasteiger partial charge in [-0.1, -0.05) is 0 Å². The van der Waals surface area contributed by atoms with Crippen molar-refractivity contribution < 1.29 is 23.0 Å². The van der Waals surface area contributed by atoms with Crippen molar-refractivity contribution in [3.05, 3.63) is 0 Å². The molecule has 0 atom stereocenters. The molecule has 0 N–H and O–H groups in total. The second kappa shape index (κ2) is 9.18. The Kier molecular flexibility index (Phi) is 10.1. The summed E-state index contributed by atoms with van der Waals surface area (Å²) in [5.74, 6) is 0. The van der Waals surface area contributed by atoms with Crippen molar-refractivity contribution in [2.45, 2.75) is 58.0 Å². The molecule has 0 saturated carbocycles. The summed E-state index contributed by atoms with van der Waals surface area (Å²) < 4.78 is 0. The fourth-order valence-corrected chi connectivity index (χ4v) is 3.86. The fraction of sp³-hybridized carbons (Fsp3) is 1.00. The van der Waals surface area contributed by atoms with Gasteiger partial charge in [0, 0.05) is 0 Å². The van der Waals surface area contributed by atoms with E-state index >= 15 is 0 Å². The molecule has 0 spiro atoms. The Balaban J connectivity index is 2.85. The normalized spacial score (nSPS) is 10.2. The van der Waals surface area contributed by atoms with E-state index in [-0.39, 0.29) is 5.49 Å². The summed E-state index contributed by atoms with van der Waals surface area (Å²) in [7, 11) is 0. The summed E-state index contributed by atoms with van der Waals surface area (Å²) in [6.07, 6.45) is 8.82. The number of hydrogen-bond acceptors (Lipinski definition) is 0. The van der Waals surface area contributed by atoms with Crippen LogP contribution in [0.2, 0.25) is 12.6 Å². The molecule has 0 radical (unpaired) electrons. The Bertz CT molecular complexity index is 102. The van der Waals surface area contributed by atoms with Crippen LogP contribution in [0.3, 0.4) is 0 Å². The number of rotatable bonds is 7. The van der Waals surface area contributed by atoms with Crippen LogP contribution in [0, 0.1) is 0 Å². The zero-order valence-corrected chi connectivity index (χ0v) is 12.5. The topological polar surface area (TPSA) is 0 Å². The minimum atomic E-state index is 0.212. The van der Waals surface area contributed by atoms with Crippen LogP contribution in [0.1, 0.15) is 45.4 Å². The molecular weight excluding hydrogens is 315 g/mol. The van der Waals surface area contributed by atoms with Crippen LogP contribution in [0.5, 0.6) is 0 Å². The summed E-state index contributed by atoms with van der Waals surface area (Å²) in [4.78, 5) is 0. The predicted octanol–water partition coefficient (Wildman–Crippen LogP) is 3.52. The van der Waals surface area contributed by atoms with E-state index in [4.69, 9.17) is 0 Å². The van der Waals surface area contributed by atoms with Crippen LogP contribution in [0.4, 0.5) is 0 Å². The van der Waals surface area contributed by atoms with Crippen LogP contribution in [-0.4, -0.2) is 5.49 Å². The Labute approximate surface area is 86.3 Å². The van der Waals surface area contributed by atoms with Crippen molar-refractivity contribution in [1.29, 1.82) is 0 Å². The van der Waals surface area contributed by atoms with Gasteiger partial charge in [0.25, 0.3) is 0 Å². The zero-order valence-electron chi connectivity index (χ0n) is 7.95. The van der Waals surface area contributed by atoms with Gasteiger partial charge in [-0.3, -0.25) is 0 Å². The third kappa shape index (κ3) is 11.1. The number of unbranched alkanes of at least 4 members (excludes halogenated alkanes) is 5. The van der Waals surface area contributed by atoms with Gasteiger partial charge in [-0.05, 0) is 0 Å². The fourth-order valence-electron chi connectivity index (χ4n) is 1.17. The molecular formula is C9H20HfSi+2. The zero-order chi connectivity index (χ0) is 8.53. The van der Waals surface area contributed by atoms with Crippen molar-refractivity contribution >= 4 is 5.49 Å². The van der Waals surface area contributed by atoms with Gasteiger partial charge in [0.15, 0.2) is 0 Å². The van der Waals surface area contributed by atoms with Gasteiger partial charge in [0.05, 0.1) is 0 Å². The molecule has 0 rings (SSSR count). The molecule has 0 aliphatic heterocycles. The van der Waals surface area contributed by atoms with E-state index < -0.39 is 0 Å². The maximum atomic E-state index is 2.48. The SMILES string of the molecule is CCCCCCCC[Si](C)=[Hf+2]. The van der Waals surface area contributed by atoms with E-state index in [1.165, 1.54) is 61.5 Å². The van der Waals surface area contributed by atoms with Crippen molar-refractivity contribution in [1.82, 2.24) is 0 Å².